The third-order valence-electron chi connectivity index (χ3n) is 3.99. The molecule has 0 spiro atoms. The Bertz CT molecular complexity index is 933. The van der Waals surface area contributed by atoms with E-state index >= 15 is 0 Å². The van der Waals surface area contributed by atoms with Crippen molar-refractivity contribution in [1.82, 2.24) is 10.3 Å². The van der Waals surface area contributed by atoms with Gasteiger partial charge in [-0.2, -0.15) is 0 Å². The fourth-order valence-electron chi connectivity index (χ4n) is 2.66. The molecule has 0 radical (unpaired) electrons. The van der Waals surface area contributed by atoms with Crippen molar-refractivity contribution in [2.45, 2.75) is 19.3 Å². The van der Waals surface area contributed by atoms with Crippen LogP contribution in [0.3, 0.4) is 0 Å². The van der Waals surface area contributed by atoms with E-state index in [1.54, 1.807) is 0 Å². The van der Waals surface area contributed by atoms with Crippen LogP contribution in [0.25, 0.3) is 10.8 Å². The van der Waals surface area contributed by atoms with Crippen LogP contribution in [-0.4, -0.2) is 35.1 Å². The third kappa shape index (κ3) is 5.27. The summed E-state index contributed by atoms with van der Waals surface area (Å²) < 4.78 is 5.82. The van der Waals surface area contributed by atoms with Crippen LogP contribution in [0.1, 0.15) is 28.3 Å². The SMILES string of the molecule is O=C(CCCOc1cccc2ccccc12)NCCc1nc(C(=O)O)cs1. The monoisotopic (exact) mass is 384 g/mol. The normalized spacial score (nSPS) is 10.7. The molecular formula is C20H20N2O4S. The van der Waals surface area contributed by atoms with Gasteiger partial charge < -0.3 is 15.2 Å². The molecule has 2 aromatic carbocycles. The average Bonchev–Trinajstić information content (AvgIpc) is 3.14. The van der Waals surface area contributed by atoms with Crippen molar-refractivity contribution in [3.8, 4) is 5.75 Å². The minimum atomic E-state index is -1.03. The summed E-state index contributed by atoms with van der Waals surface area (Å²) in [5, 5.41) is 16.1. The number of carbonyl (C=O) groups excluding carboxylic acids is 1. The van der Waals surface area contributed by atoms with E-state index in [2.05, 4.69) is 10.3 Å². The molecule has 0 aliphatic heterocycles. The van der Waals surface area contributed by atoms with Crippen LogP contribution in [0.15, 0.2) is 47.8 Å². The van der Waals surface area contributed by atoms with Gasteiger partial charge in [-0.05, 0) is 17.9 Å². The Balaban J connectivity index is 1.36. The molecule has 3 rings (SSSR count). The molecule has 0 fully saturated rings. The number of aromatic carboxylic acids is 1. The Hall–Kier alpha value is -2.93. The molecule has 0 bridgehead atoms. The summed E-state index contributed by atoms with van der Waals surface area (Å²) >= 11 is 1.29. The molecule has 1 amide bonds. The van der Waals surface area contributed by atoms with Crippen LogP contribution in [-0.2, 0) is 11.2 Å². The fraction of sp³-hybridized carbons (Fsp3) is 0.250. The van der Waals surface area contributed by atoms with Crippen LogP contribution in [0, 0.1) is 0 Å². The molecule has 0 atom stereocenters. The zero-order valence-corrected chi connectivity index (χ0v) is 15.5. The van der Waals surface area contributed by atoms with Crippen molar-refractivity contribution < 1.29 is 19.4 Å². The zero-order valence-electron chi connectivity index (χ0n) is 14.7. The molecule has 3 aromatic rings. The number of ether oxygens (including phenoxy) is 1. The maximum absolute atomic E-state index is 11.9. The first-order valence-electron chi connectivity index (χ1n) is 8.68. The number of fused-ring (bicyclic) bond motifs is 1. The number of benzene rings is 2. The van der Waals surface area contributed by atoms with Crippen molar-refractivity contribution in [1.29, 1.82) is 0 Å². The number of carbonyl (C=O) groups is 2. The molecule has 0 saturated carbocycles. The standard InChI is InChI=1S/C20H20N2O4S/c23-18(21-11-10-19-22-16(13-27-19)20(24)25)9-4-12-26-17-8-3-6-14-5-1-2-7-15(14)17/h1-3,5-8,13H,4,9-12H2,(H,21,23)(H,24,25). The number of aromatic nitrogens is 1. The Morgan fingerprint density at radius 1 is 1.15 bits per heavy atom. The Morgan fingerprint density at radius 3 is 2.78 bits per heavy atom. The minimum Gasteiger partial charge on any atom is -0.493 e. The summed E-state index contributed by atoms with van der Waals surface area (Å²) in [6.07, 6.45) is 1.52. The Kier molecular flexibility index (Phi) is 6.38. The van der Waals surface area contributed by atoms with Crippen molar-refractivity contribution in [2.24, 2.45) is 0 Å². The molecular weight excluding hydrogens is 364 g/mol. The number of rotatable bonds is 9. The molecule has 0 aliphatic carbocycles. The number of nitrogens with one attached hydrogen (secondary N) is 1. The second-order valence-corrected chi connectivity index (χ2v) is 6.90. The van der Waals surface area contributed by atoms with E-state index in [-0.39, 0.29) is 11.6 Å². The Morgan fingerprint density at radius 2 is 1.96 bits per heavy atom. The largest absolute Gasteiger partial charge is 0.493 e. The van der Waals surface area contributed by atoms with Gasteiger partial charge in [0.25, 0.3) is 0 Å². The van der Waals surface area contributed by atoms with Gasteiger partial charge in [-0.15, -0.1) is 11.3 Å². The van der Waals surface area contributed by atoms with Gasteiger partial charge in [0, 0.05) is 30.2 Å². The molecule has 0 aliphatic rings. The van der Waals surface area contributed by atoms with Gasteiger partial charge in [0.15, 0.2) is 5.69 Å². The second kappa shape index (κ2) is 9.14. The van der Waals surface area contributed by atoms with Gasteiger partial charge in [0.05, 0.1) is 11.6 Å². The number of nitrogens with zero attached hydrogens (tertiary/aromatic N) is 1. The predicted octanol–water partition coefficient (Wildman–Crippen LogP) is 3.51. The number of hydrogen-bond acceptors (Lipinski definition) is 5. The number of thiazole rings is 1. The lowest BCUT2D eigenvalue weighted by atomic mass is 10.1. The number of hydrogen-bond donors (Lipinski definition) is 2. The van der Waals surface area contributed by atoms with Crippen molar-refractivity contribution in [2.75, 3.05) is 13.2 Å². The fourth-order valence-corrected chi connectivity index (χ4v) is 3.43. The average molecular weight is 384 g/mol. The number of amides is 1. The van der Waals surface area contributed by atoms with E-state index in [1.807, 2.05) is 42.5 Å². The molecule has 1 aromatic heterocycles. The number of carboxylic acid groups (broad SMARTS) is 1. The molecule has 0 unspecified atom stereocenters. The summed E-state index contributed by atoms with van der Waals surface area (Å²) in [4.78, 5) is 26.7. The lowest BCUT2D eigenvalue weighted by Gasteiger charge is -2.09. The summed E-state index contributed by atoms with van der Waals surface area (Å²) in [5.74, 6) is -0.259. The van der Waals surface area contributed by atoms with E-state index < -0.39 is 5.97 Å². The van der Waals surface area contributed by atoms with E-state index in [1.165, 1.54) is 16.7 Å². The topological polar surface area (TPSA) is 88.5 Å². The van der Waals surface area contributed by atoms with Crippen molar-refractivity contribution >= 4 is 34.0 Å². The highest BCUT2D eigenvalue weighted by Crippen LogP contribution is 2.25. The van der Waals surface area contributed by atoms with E-state index in [0.717, 1.165) is 16.5 Å². The minimum absolute atomic E-state index is 0.0481. The predicted molar refractivity (Wildman–Crippen MR) is 104 cm³/mol. The molecule has 0 saturated heterocycles. The smallest absolute Gasteiger partial charge is 0.355 e. The molecule has 27 heavy (non-hydrogen) atoms. The van der Waals surface area contributed by atoms with Gasteiger partial charge >= 0.3 is 5.97 Å². The molecule has 6 nitrogen and oxygen atoms in total. The highest BCUT2D eigenvalue weighted by atomic mass is 32.1. The highest BCUT2D eigenvalue weighted by molar-refractivity contribution is 7.09. The molecule has 1 heterocycles. The van der Waals surface area contributed by atoms with Gasteiger partial charge in [-0.1, -0.05) is 36.4 Å². The van der Waals surface area contributed by atoms with E-state index in [9.17, 15) is 9.59 Å². The van der Waals surface area contributed by atoms with Crippen LogP contribution < -0.4 is 10.1 Å². The lowest BCUT2D eigenvalue weighted by Crippen LogP contribution is -2.25. The molecule has 2 N–H and O–H groups in total. The second-order valence-electron chi connectivity index (χ2n) is 5.96. The van der Waals surface area contributed by atoms with Crippen molar-refractivity contribution in [3.05, 3.63) is 58.5 Å². The first kappa shape index (κ1) is 18.8. The first-order chi connectivity index (χ1) is 13.1. The van der Waals surface area contributed by atoms with Crippen LogP contribution >= 0.6 is 11.3 Å². The summed E-state index contributed by atoms with van der Waals surface area (Å²) in [6.45, 7) is 0.908. The molecule has 140 valence electrons. The van der Waals surface area contributed by atoms with E-state index in [0.29, 0.717) is 37.4 Å². The number of carboxylic acids is 1. The van der Waals surface area contributed by atoms with Gasteiger partial charge in [0.1, 0.15) is 5.75 Å². The quantitative estimate of drug-likeness (QED) is 0.551. The maximum Gasteiger partial charge on any atom is 0.355 e. The van der Waals surface area contributed by atoms with Crippen LogP contribution in [0.5, 0.6) is 5.75 Å². The summed E-state index contributed by atoms with van der Waals surface area (Å²) in [7, 11) is 0. The van der Waals surface area contributed by atoms with Crippen LogP contribution in [0.2, 0.25) is 0 Å². The van der Waals surface area contributed by atoms with Gasteiger partial charge in [-0.3, -0.25) is 4.79 Å². The first-order valence-corrected chi connectivity index (χ1v) is 9.56. The zero-order chi connectivity index (χ0) is 19.1. The summed E-state index contributed by atoms with van der Waals surface area (Å²) in [5.41, 5.74) is 0.0481. The van der Waals surface area contributed by atoms with Crippen LogP contribution in [0.4, 0.5) is 0 Å². The lowest BCUT2D eigenvalue weighted by molar-refractivity contribution is -0.121. The highest BCUT2D eigenvalue weighted by Gasteiger charge is 2.09. The Labute approximate surface area is 160 Å². The maximum atomic E-state index is 11.9. The van der Waals surface area contributed by atoms with Gasteiger partial charge in [-0.25, -0.2) is 9.78 Å². The van der Waals surface area contributed by atoms with E-state index in [4.69, 9.17) is 9.84 Å². The third-order valence-corrected chi connectivity index (χ3v) is 4.90. The molecule has 7 heteroatoms. The van der Waals surface area contributed by atoms with Gasteiger partial charge in [0.2, 0.25) is 5.91 Å². The van der Waals surface area contributed by atoms with Crippen molar-refractivity contribution in [3.63, 3.8) is 0 Å². The summed E-state index contributed by atoms with van der Waals surface area (Å²) in [6, 6.07) is 14.0.